The molecule has 10 aromatic rings. The van der Waals surface area contributed by atoms with E-state index in [-0.39, 0.29) is 6.17 Å². The molecule has 0 saturated heterocycles. The topological polar surface area (TPSA) is 44.9 Å². The molecule has 57 heavy (non-hydrogen) atoms. The van der Waals surface area contributed by atoms with Crippen molar-refractivity contribution in [3.8, 4) is 11.1 Å². The van der Waals surface area contributed by atoms with E-state index in [9.17, 15) is 0 Å². The van der Waals surface area contributed by atoms with E-state index in [4.69, 9.17) is 9.98 Å². The van der Waals surface area contributed by atoms with Gasteiger partial charge in [0.1, 0.15) is 11.5 Å². The summed E-state index contributed by atoms with van der Waals surface area (Å²) in [4.78, 5) is 13.2. The molecular formula is C51H33N5S. The summed E-state index contributed by atoms with van der Waals surface area (Å²) >= 11 is 1.85. The van der Waals surface area contributed by atoms with Gasteiger partial charge >= 0.3 is 0 Å². The zero-order valence-electron chi connectivity index (χ0n) is 30.7. The summed E-state index contributed by atoms with van der Waals surface area (Å²) in [6.45, 7) is 0. The van der Waals surface area contributed by atoms with Crippen molar-refractivity contribution < 1.29 is 0 Å². The minimum absolute atomic E-state index is 0.315. The Morgan fingerprint density at radius 3 is 1.91 bits per heavy atom. The Morgan fingerprint density at radius 2 is 1.11 bits per heavy atom. The maximum Gasteiger partial charge on any atom is 0.210 e. The molecule has 5 nitrogen and oxygen atoms in total. The van der Waals surface area contributed by atoms with Crippen LogP contribution in [0.5, 0.6) is 0 Å². The van der Waals surface area contributed by atoms with Crippen LogP contribution in [0.25, 0.3) is 69.6 Å². The van der Waals surface area contributed by atoms with Crippen molar-refractivity contribution in [2.45, 2.75) is 6.17 Å². The molecule has 1 atom stereocenters. The quantitative estimate of drug-likeness (QED) is 0.195. The van der Waals surface area contributed by atoms with Gasteiger partial charge in [-0.3, -0.25) is 9.47 Å². The molecule has 0 saturated carbocycles. The molecule has 0 aliphatic carbocycles. The lowest BCUT2D eigenvalue weighted by molar-refractivity contribution is 0.708. The van der Waals surface area contributed by atoms with Gasteiger partial charge in [-0.2, -0.15) is 0 Å². The highest BCUT2D eigenvalue weighted by Crippen LogP contribution is 2.42. The highest BCUT2D eigenvalue weighted by molar-refractivity contribution is 7.25. The summed E-state index contributed by atoms with van der Waals surface area (Å²) in [6.07, 6.45) is -0.315. The maximum absolute atomic E-state index is 5.53. The van der Waals surface area contributed by atoms with Gasteiger partial charge in [0.2, 0.25) is 5.96 Å². The Hall–Kier alpha value is -7.28. The van der Waals surface area contributed by atoms with E-state index in [0.29, 0.717) is 0 Å². The van der Waals surface area contributed by atoms with Gasteiger partial charge in [-0.1, -0.05) is 140 Å². The maximum atomic E-state index is 5.53. The van der Waals surface area contributed by atoms with Crippen molar-refractivity contribution >= 4 is 87.3 Å². The molecule has 0 spiro atoms. The predicted molar refractivity (Wildman–Crippen MR) is 240 cm³/mol. The fraction of sp³-hybridized carbons (Fsp3) is 0.0196. The second-order valence-electron chi connectivity index (χ2n) is 14.6. The number of aromatic nitrogens is 1. The molecule has 0 radical (unpaired) electrons. The number of thiophene rings is 1. The summed E-state index contributed by atoms with van der Waals surface area (Å²) in [5.41, 5.74) is 9.42. The molecule has 4 heterocycles. The number of rotatable bonds is 4. The SMILES string of the molecule is c1ccc(C2=NC3=C(c4ccccc4)N=C(n4c5ccc(-c6ccc7sc8ccccc8c7c6)cc5c5c6ccccc6ccc54)NC3N2c2ccccc2)cc1. The average Bonchev–Trinajstić information content (AvgIpc) is 3.96. The number of hydrogen-bond acceptors (Lipinski definition) is 5. The summed E-state index contributed by atoms with van der Waals surface area (Å²) in [7, 11) is 0. The second-order valence-corrected chi connectivity index (χ2v) is 15.7. The Bertz CT molecular complexity index is 3320. The molecule has 0 fully saturated rings. The minimum Gasteiger partial charge on any atom is -0.329 e. The molecule has 1 N–H and O–H groups in total. The Balaban J connectivity index is 1.10. The van der Waals surface area contributed by atoms with Gasteiger partial charge in [-0.25, -0.2) is 9.98 Å². The third kappa shape index (κ3) is 5.01. The smallest absolute Gasteiger partial charge is 0.210 e. The fourth-order valence-corrected chi connectivity index (χ4v) is 9.87. The fourth-order valence-electron chi connectivity index (χ4n) is 8.78. The molecule has 2 aliphatic heterocycles. The standard InChI is InChI=1S/C51H33N5S/c1-4-15-33(16-5-1)47-48-50(55(37-19-8-3-9-20-37)49(52-48)34-17-6-2-7-18-34)54-51(53-47)56-42-27-25-35(31-41(42)46-38-21-11-10-14-32(38)24-28-43(46)56)36-26-29-45-40(30-36)39-22-12-13-23-44(39)57-45/h1-31,50H,(H,53,54). The second kappa shape index (κ2) is 12.6. The molecule has 0 bridgehead atoms. The first-order valence-electron chi connectivity index (χ1n) is 19.3. The van der Waals surface area contributed by atoms with Crippen LogP contribution in [-0.2, 0) is 0 Å². The lowest BCUT2D eigenvalue weighted by Gasteiger charge is -2.33. The summed E-state index contributed by atoms with van der Waals surface area (Å²) in [6, 6.07) is 67.2. The van der Waals surface area contributed by atoms with Gasteiger partial charge in [0.05, 0.1) is 16.7 Å². The summed E-state index contributed by atoms with van der Waals surface area (Å²) < 4.78 is 4.94. The summed E-state index contributed by atoms with van der Waals surface area (Å²) in [5.74, 6) is 1.63. The number of aliphatic imine (C=N–C) groups is 2. The van der Waals surface area contributed by atoms with Crippen LogP contribution in [-0.4, -0.2) is 22.5 Å². The summed E-state index contributed by atoms with van der Waals surface area (Å²) in [5, 5.41) is 11.4. The Labute approximate surface area is 332 Å². The Kier molecular flexibility index (Phi) is 7.09. The molecule has 0 amide bonds. The zero-order valence-corrected chi connectivity index (χ0v) is 31.5. The molecule has 12 rings (SSSR count). The zero-order chi connectivity index (χ0) is 37.5. The van der Waals surface area contributed by atoms with E-state index in [1.54, 1.807) is 0 Å². The number of nitrogens with zero attached hydrogens (tertiary/aromatic N) is 4. The largest absolute Gasteiger partial charge is 0.329 e. The van der Waals surface area contributed by atoms with Crippen LogP contribution in [0.3, 0.4) is 0 Å². The third-order valence-corrected chi connectivity index (χ3v) is 12.5. The number of nitrogens with one attached hydrogen (secondary N) is 1. The van der Waals surface area contributed by atoms with Gasteiger partial charge in [0.15, 0.2) is 6.17 Å². The van der Waals surface area contributed by atoms with E-state index in [1.807, 2.05) is 17.4 Å². The number of amidine groups is 1. The van der Waals surface area contributed by atoms with Crippen molar-refractivity contribution in [1.29, 1.82) is 0 Å². The molecule has 6 heteroatoms. The van der Waals surface area contributed by atoms with Crippen LogP contribution in [0.1, 0.15) is 11.1 Å². The monoisotopic (exact) mass is 747 g/mol. The predicted octanol–water partition coefficient (Wildman–Crippen LogP) is 12.5. The van der Waals surface area contributed by atoms with E-state index >= 15 is 0 Å². The highest BCUT2D eigenvalue weighted by Gasteiger charge is 2.40. The lowest BCUT2D eigenvalue weighted by atomic mass is 9.99. The van der Waals surface area contributed by atoms with Crippen molar-refractivity contribution in [3.63, 3.8) is 0 Å². The van der Waals surface area contributed by atoms with Crippen LogP contribution in [0, 0.1) is 0 Å². The highest BCUT2D eigenvalue weighted by atomic mass is 32.1. The van der Waals surface area contributed by atoms with Gasteiger partial charge < -0.3 is 5.32 Å². The number of anilines is 1. The van der Waals surface area contributed by atoms with Gasteiger partial charge in [-0.05, 0) is 70.4 Å². The van der Waals surface area contributed by atoms with Crippen LogP contribution >= 0.6 is 11.3 Å². The van der Waals surface area contributed by atoms with E-state index in [0.717, 1.165) is 51.0 Å². The molecule has 8 aromatic carbocycles. The number of fused-ring (bicyclic) bond motifs is 9. The van der Waals surface area contributed by atoms with Crippen LogP contribution in [0.4, 0.5) is 5.69 Å². The van der Waals surface area contributed by atoms with Crippen LogP contribution in [0.2, 0.25) is 0 Å². The Morgan fingerprint density at radius 1 is 0.474 bits per heavy atom. The van der Waals surface area contributed by atoms with Crippen LogP contribution in [0.15, 0.2) is 204 Å². The van der Waals surface area contributed by atoms with Gasteiger partial charge in [-0.15, -0.1) is 11.3 Å². The first-order chi connectivity index (χ1) is 28.3. The molecule has 2 aliphatic rings. The van der Waals surface area contributed by atoms with Crippen molar-refractivity contribution in [2.24, 2.45) is 9.98 Å². The average molecular weight is 748 g/mol. The normalized spacial score (nSPS) is 15.4. The van der Waals surface area contributed by atoms with Crippen molar-refractivity contribution in [1.82, 2.24) is 9.88 Å². The van der Waals surface area contributed by atoms with Crippen molar-refractivity contribution in [3.05, 3.63) is 205 Å². The first kappa shape index (κ1) is 32.0. The number of hydrogen-bond donors (Lipinski definition) is 1. The number of benzene rings is 8. The molecule has 2 aromatic heterocycles. The number of para-hydroxylation sites is 1. The molecule has 268 valence electrons. The minimum atomic E-state index is -0.315. The lowest BCUT2D eigenvalue weighted by Crippen LogP contribution is -2.51. The molecular weight excluding hydrogens is 715 g/mol. The van der Waals surface area contributed by atoms with Gasteiger partial charge in [0.25, 0.3) is 0 Å². The van der Waals surface area contributed by atoms with Gasteiger partial charge in [0, 0.05) is 47.8 Å². The van der Waals surface area contributed by atoms with E-state index in [1.165, 1.54) is 52.8 Å². The third-order valence-electron chi connectivity index (χ3n) is 11.4. The molecule has 1 unspecified atom stereocenters. The van der Waals surface area contributed by atoms with E-state index in [2.05, 4.69) is 197 Å². The first-order valence-corrected chi connectivity index (χ1v) is 20.1. The van der Waals surface area contributed by atoms with Crippen molar-refractivity contribution in [2.75, 3.05) is 4.90 Å². The van der Waals surface area contributed by atoms with E-state index < -0.39 is 0 Å². The van der Waals surface area contributed by atoms with Crippen LogP contribution < -0.4 is 10.2 Å².